The zero-order chi connectivity index (χ0) is 28.3. The molecule has 4 N–H and O–H groups in total. The quantitative estimate of drug-likeness (QED) is 0.181. The zero-order valence-corrected chi connectivity index (χ0v) is 20.8. The number of carboxylic acid groups (broad SMARTS) is 1. The number of aromatic hydroxyl groups is 3. The molecule has 0 unspecified atom stereocenters. The molecule has 0 saturated carbocycles. The number of rotatable bonds is 9. The number of esters is 1. The molecule has 4 aromatic rings. The van der Waals surface area contributed by atoms with Crippen LogP contribution in [0.4, 0.5) is 0 Å². The Kier molecular flexibility index (Phi) is 7.61. The van der Waals surface area contributed by atoms with Gasteiger partial charge in [-0.2, -0.15) is 0 Å². The number of aliphatic carboxylic acids is 1. The Morgan fingerprint density at radius 1 is 0.923 bits per heavy atom. The highest BCUT2D eigenvalue weighted by Crippen LogP contribution is 2.50. The summed E-state index contributed by atoms with van der Waals surface area (Å²) in [5, 5.41) is 40.7. The minimum absolute atomic E-state index is 0.0981. The molecule has 1 heterocycles. The van der Waals surface area contributed by atoms with Crippen molar-refractivity contribution in [2.45, 2.75) is 12.3 Å². The Bertz CT molecular complexity index is 1610. The standard InChI is InChI=1S/C28H24O11/c1-36-20-10-15(8-9-18(20)38-13-21(30)31)16(11-22(32)37-2)23-25(33)27(35)26(34)24-17(29)12-19(39-28(23)24)14-6-4-3-5-7-14/h3-10,12,16,33-35H,11,13H2,1-2H3,(H,30,31)/t16-/m0/s1. The monoisotopic (exact) mass is 536 g/mol. The van der Waals surface area contributed by atoms with Crippen LogP contribution in [0, 0.1) is 0 Å². The first-order chi connectivity index (χ1) is 18.7. The predicted octanol–water partition coefficient (Wildman–Crippen LogP) is 3.74. The molecule has 11 nitrogen and oxygen atoms in total. The van der Waals surface area contributed by atoms with Crippen molar-refractivity contribution >= 4 is 22.9 Å². The van der Waals surface area contributed by atoms with E-state index in [1.807, 2.05) is 0 Å². The maximum Gasteiger partial charge on any atom is 0.341 e. The Balaban J connectivity index is 2.01. The van der Waals surface area contributed by atoms with Crippen LogP contribution < -0.4 is 14.9 Å². The highest BCUT2D eigenvalue weighted by molar-refractivity contribution is 5.93. The van der Waals surface area contributed by atoms with Gasteiger partial charge in [0.1, 0.15) is 16.7 Å². The van der Waals surface area contributed by atoms with Crippen LogP contribution in [0.25, 0.3) is 22.3 Å². The second kappa shape index (κ2) is 11.1. The van der Waals surface area contributed by atoms with Gasteiger partial charge in [0.2, 0.25) is 5.75 Å². The summed E-state index contributed by atoms with van der Waals surface area (Å²) >= 11 is 0. The van der Waals surface area contributed by atoms with E-state index in [-0.39, 0.29) is 34.8 Å². The van der Waals surface area contributed by atoms with Gasteiger partial charge in [0.15, 0.2) is 35.0 Å². The summed E-state index contributed by atoms with van der Waals surface area (Å²) in [5.41, 5.74) is -0.263. The van der Waals surface area contributed by atoms with Crippen molar-refractivity contribution < 1.29 is 48.6 Å². The van der Waals surface area contributed by atoms with Crippen LogP contribution in [-0.4, -0.2) is 53.2 Å². The molecule has 0 bridgehead atoms. The van der Waals surface area contributed by atoms with Crippen LogP contribution in [0.1, 0.15) is 23.5 Å². The lowest BCUT2D eigenvalue weighted by Crippen LogP contribution is -2.13. The van der Waals surface area contributed by atoms with Gasteiger partial charge >= 0.3 is 11.9 Å². The van der Waals surface area contributed by atoms with Crippen LogP contribution in [0.2, 0.25) is 0 Å². The molecule has 0 radical (unpaired) electrons. The molecule has 0 fully saturated rings. The van der Waals surface area contributed by atoms with Crippen molar-refractivity contribution in [1.29, 1.82) is 0 Å². The molecule has 1 atom stereocenters. The third-order valence-electron chi connectivity index (χ3n) is 6.08. The fourth-order valence-electron chi connectivity index (χ4n) is 4.24. The molecule has 0 saturated heterocycles. The summed E-state index contributed by atoms with van der Waals surface area (Å²) in [6.07, 6.45) is -0.388. The van der Waals surface area contributed by atoms with Gasteiger partial charge in [-0.15, -0.1) is 0 Å². The maximum absolute atomic E-state index is 13.1. The lowest BCUT2D eigenvalue weighted by Gasteiger charge is -2.22. The van der Waals surface area contributed by atoms with E-state index in [1.165, 1.54) is 32.4 Å². The second-order valence-corrected chi connectivity index (χ2v) is 8.43. The number of hydrogen-bond donors (Lipinski definition) is 4. The number of ether oxygens (including phenoxy) is 3. The van der Waals surface area contributed by atoms with Crippen molar-refractivity contribution in [1.82, 2.24) is 0 Å². The lowest BCUT2D eigenvalue weighted by atomic mass is 9.86. The van der Waals surface area contributed by atoms with Crippen molar-refractivity contribution in [3.63, 3.8) is 0 Å². The number of phenols is 3. The number of carboxylic acids is 1. The van der Waals surface area contributed by atoms with Gasteiger partial charge in [-0.1, -0.05) is 36.4 Å². The fourth-order valence-corrected chi connectivity index (χ4v) is 4.24. The van der Waals surface area contributed by atoms with E-state index in [1.54, 1.807) is 30.3 Å². The molecule has 11 heteroatoms. The van der Waals surface area contributed by atoms with E-state index < -0.39 is 52.5 Å². The summed E-state index contributed by atoms with van der Waals surface area (Å²) in [5.74, 6) is -5.34. The third kappa shape index (κ3) is 5.28. The normalized spacial score (nSPS) is 11.6. The molecule has 4 rings (SSSR count). The number of benzene rings is 3. The van der Waals surface area contributed by atoms with Crippen molar-refractivity contribution in [2.24, 2.45) is 0 Å². The lowest BCUT2D eigenvalue weighted by molar-refractivity contribution is -0.141. The van der Waals surface area contributed by atoms with Crippen LogP contribution >= 0.6 is 0 Å². The van der Waals surface area contributed by atoms with Gasteiger partial charge < -0.3 is 39.1 Å². The van der Waals surface area contributed by atoms with Crippen LogP contribution in [0.15, 0.2) is 63.8 Å². The van der Waals surface area contributed by atoms with Gasteiger partial charge in [0, 0.05) is 23.1 Å². The number of phenolic OH excluding ortho intramolecular Hbond substituents is 3. The van der Waals surface area contributed by atoms with E-state index >= 15 is 0 Å². The predicted molar refractivity (Wildman–Crippen MR) is 138 cm³/mol. The number of methoxy groups -OCH3 is 2. The van der Waals surface area contributed by atoms with E-state index in [4.69, 9.17) is 23.7 Å². The highest BCUT2D eigenvalue weighted by Gasteiger charge is 2.31. The minimum Gasteiger partial charge on any atom is -0.504 e. The summed E-state index contributed by atoms with van der Waals surface area (Å²) in [7, 11) is 2.50. The first-order valence-corrected chi connectivity index (χ1v) is 11.6. The molecule has 3 aromatic carbocycles. The highest BCUT2D eigenvalue weighted by atomic mass is 16.5. The minimum atomic E-state index is -1.20. The largest absolute Gasteiger partial charge is 0.504 e. The summed E-state index contributed by atoms with van der Waals surface area (Å²) < 4.78 is 21.5. The molecule has 0 aliphatic heterocycles. The Morgan fingerprint density at radius 3 is 2.28 bits per heavy atom. The van der Waals surface area contributed by atoms with E-state index in [9.17, 15) is 29.7 Å². The molecular formula is C28H24O11. The Morgan fingerprint density at radius 2 is 1.64 bits per heavy atom. The van der Waals surface area contributed by atoms with Gasteiger partial charge in [-0.05, 0) is 17.7 Å². The van der Waals surface area contributed by atoms with E-state index in [0.29, 0.717) is 11.1 Å². The Labute approximate surface area is 221 Å². The third-order valence-corrected chi connectivity index (χ3v) is 6.08. The average molecular weight is 536 g/mol. The summed E-state index contributed by atoms with van der Waals surface area (Å²) in [6.45, 7) is -0.633. The van der Waals surface area contributed by atoms with Crippen LogP contribution in [0.5, 0.6) is 28.7 Å². The number of carbonyl (C=O) groups excluding carboxylic acids is 1. The zero-order valence-electron chi connectivity index (χ0n) is 20.8. The van der Waals surface area contributed by atoms with Crippen LogP contribution in [-0.2, 0) is 14.3 Å². The fraction of sp³-hybridized carbons (Fsp3) is 0.179. The summed E-state index contributed by atoms with van der Waals surface area (Å²) in [4.78, 5) is 36.6. The molecule has 0 aliphatic rings. The molecule has 1 aromatic heterocycles. The van der Waals surface area contributed by atoms with Gasteiger partial charge in [0.05, 0.1) is 20.6 Å². The molecule has 39 heavy (non-hydrogen) atoms. The van der Waals surface area contributed by atoms with E-state index in [2.05, 4.69) is 0 Å². The van der Waals surface area contributed by atoms with Crippen molar-refractivity contribution in [3.8, 4) is 40.1 Å². The number of hydrogen-bond acceptors (Lipinski definition) is 10. The average Bonchev–Trinajstić information content (AvgIpc) is 2.94. The van der Waals surface area contributed by atoms with Crippen LogP contribution in [0.3, 0.4) is 0 Å². The first-order valence-electron chi connectivity index (χ1n) is 11.6. The van der Waals surface area contributed by atoms with Gasteiger partial charge in [0.25, 0.3) is 0 Å². The first kappa shape index (κ1) is 26.9. The number of fused-ring (bicyclic) bond motifs is 1. The van der Waals surface area contributed by atoms with Crippen molar-refractivity contribution in [2.75, 3.05) is 20.8 Å². The van der Waals surface area contributed by atoms with Gasteiger partial charge in [-0.25, -0.2) is 4.79 Å². The number of carbonyl (C=O) groups is 2. The molecule has 0 aliphatic carbocycles. The Hall–Kier alpha value is -5.19. The molecular weight excluding hydrogens is 512 g/mol. The maximum atomic E-state index is 13.1. The topological polar surface area (TPSA) is 173 Å². The molecule has 0 spiro atoms. The summed E-state index contributed by atoms with van der Waals surface area (Å²) in [6, 6.07) is 14.1. The second-order valence-electron chi connectivity index (χ2n) is 8.43. The molecule has 0 amide bonds. The van der Waals surface area contributed by atoms with Gasteiger partial charge in [-0.3, -0.25) is 9.59 Å². The van der Waals surface area contributed by atoms with Crippen molar-refractivity contribution in [3.05, 3.63) is 75.9 Å². The van der Waals surface area contributed by atoms with E-state index in [0.717, 1.165) is 6.07 Å². The SMILES string of the molecule is COC(=O)C[C@@H](c1ccc(OCC(=O)O)c(OC)c1)c1c(O)c(O)c(O)c2c(=O)cc(-c3ccccc3)oc12. The smallest absolute Gasteiger partial charge is 0.341 e. The molecule has 202 valence electrons.